The Morgan fingerprint density at radius 2 is 1.66 bits per heavy atom. The monoisotopic (exact) mass is 487 g/mol. The van der Waals surface area contributed by atoms with Crippen LogP contribution in [0.2, 0.25) is 0 Å². The molecule has 1 aromatic heterocycles. The number of hydrogen-bond acceptors (Lipinski definition) is 6. The van der Waals surface area contributed by atoms with Gasteiger partial charge in [0.15, 0.2) is 0 Å². The Morgan fingerprint density at radius 3 is 2.23 bits per heavy atom. The summed E-state index contributed by atoms with van der Waals surface area (Å²) < 4.78 is 5.21. The van der Waals surface area contributed by atoms with Crippen LogP contribution in [0.1, 0.15) is 92.1 Å². The Balaban J connectivity index is 1.45. The lowest BCUT2D eigenvalue weighted by Gasteiger charge is -2.37. The predicted molar refractivity (Wildman–Crippen MR) is 143 cm³/mol. The van der Waals surface area contributed by atoms with E-state index in [9.17, 15) is 4.79 Å². The van der Waals surface area contributed by atoms with Crippen molar-refractivity contribution in [2.75, 3.05) is 50.8 Å². The van der Waals surface area contributed by atoms with Crippen LogP contribution in [0.15, 0.2) is 6.07 Å². The highest BCUT2D eigenvalue weighted by Crippen LogP contribution is 2.29. The molecule has 0 bridgehead atoms. The van der Waals surface area contributed by atoms with Crippen LogP contribution in [-0.4, -0.2) is 72.8 Å². The van der Waals surface area contributed by atoms with Crippen molar-refractivity contribution in [3.63, 3.8) is 0 Å². The molecule has 1 saturated heterocycles. The van der Waals surface area contributed by atoms with Crippen LogP contribution >= 0.6 is 0 Å². The number of rotatable bonds is 8. The Labute approximate surface area is 213 Å². The molecule has 7 heteroatoms. The largest absolute Gasteiger partial charge is 0.372 e. The second kappa shape index (κ2) is 12.0. The van der Waals surface area contributed by atoms with Crippen molar-refractivity contribution in [3.8, 4) is 0 Å². The number of anilines is 1. The summed E-state index contributed by atoms with van der Waals surface area (Å²) in [5, 5.41) is 3.14. The number of carbonyl (C=O) groups excluding carboxylic acids is 1. The maximum Gasteiger partial charge on any atom is 0.246 e. The van der Waals surface area contributed by atoms with E-state index in [1.807, 2.05) is 6.92 Å². The topological polar surface area (TPSA) is 70.6 Å². The van der Waals surface area contributed by atoms with Gasteiger partial charge in [-0.1, -0.05) is 41.5 Å². The Morgan fingerprint density at radius 1 is 1.00 bits per heavy atom. The normalized spacial score (nSPS) is 22.3. The van der Waals surface area contributed by atoms with E-state index < -0.39 is 0 Å². The molecule has 1 N–H and O–H groups in total. The van der Waals surface area contributed by atoms with E-state index in [1.165, 1.54) is 25.8 Å². The summed E-state index contributed by atoms with van der Waals surface area (Å²) in [7, 11) is 0. The number of aromatic nitrogens is 2. The van der Waals surface area contributed by atoms with Gasteiger partial charge in [0.05, 0.1) is 5.69 Å². The average molecular weight is 488 g/mol. The number of piperazine rings is 1. The number of carbonyl (C=O) groups is 1. The van der Waals surface area contributed by atoms with Gasteiger partial charge >= 0.3 is 0 Å². The first-order valence-electron chi connectivity index (χ1n) is 13.7. The fourth-order valence-corrected chi connectivity index (χ4v) is 4.94. The van der Waals surface area contributed by atoms with Gasteiger partial charge in [-0.3, -0.25) is 9.69 Å². The third kappa shape index (κ3) is 8.42. The number of nitrogens with one attached hydrogen (secondary N) is 1. The van der Waals surface area contributed by atoms with E-state index in [1.54, 1.807) is 0 Å². The van der Waals surface area contributed by atoms with Gasteiger partial charge in [0, 0.05) is 55.7 Å². The van der Waals surface area contributed by atoms with Gasteiger partial charge in [0.25, 0.3) is 0 Å². The third-order valence-electron chi connectivity index (χ3n) is 7.35. The molecule has 1 amide bonds. The van der Waals surface area contributed by atoms with Crippen molar-refractivity contribution in [1.82, 2.24) is 20.2 Å². The molecule has 1 aliphatic heterocycles. The molecule has 198 valence electrons. The zero-order chi connectivity index (χ0) is 25.6. The lowest BCUT2D eigenvalue weighted by Crippen LogP contribution is -2.47. The first kappa shape index (κ1) is 27.9. The highest BCUT2D eigenvalue weighted by molar-refractivity contribution is 5.77. The second-order valence-corrected chi connectivity index (χ2v) is 12.5. The van der Waals surface area contributed by atoms with Gasteiger partial charge in [-0.15, -0.1) is 0 Å². The van der Waals surface area contributed by atoms with Crippen molar-refractivity contribution >= 4 is 11.7 Å². The third-order valence-corrected chi connectivity index (χ3v) is 7.35. The summed E-state index contributed by atoms with van der Waals surface area (Å²) in [6, 6.07) is 2.53. The highest BCUT2D eigenvalue weighted by Gasteiger charge is 2.27. The van der Waals surface area contributed by atoms with Crippen molar-refractivity contribution in [2.24, 2.45) is 5.92 Å². The molecule has 1 aromatic rings. The minimum absolute atomic E-state index is 0.00457. The van der Waals surface area contributed by atoms with Crippen LogP contribution in [0.5, 0.6) is 0 Å². The van der Waals surface area contributed by atoms with Gasteiger partial charge in [0.1, 0.15) is 18.2 Å². The van der Waals surface area contributed by atoms with Gasteiger partial charge < -0.3 is 15.0 Å². The molecule has 1 saturated carbocycles. The SMILES string of the molecule is CCOCC(=O)N[C@H]1CC[C@H](CCN2CCN(c3cc(C(C)(C)C)nc(C(C)(C)C)n3)CC2)CC1. The maximum atomic E-state index is 11.9. The first-order chi connectivity index (χ1) is 16.5. The second-order valence-electron chi connectivity index (χ2n) is 12.5. The number of amides is 1. The predicted octanol–water partition coefficient (Wildman–Crippen LogP) is 4.30. The summed E-state index contributed by atoms with van der Waals surface area (Å²) in [5.74, 6) is 2.82. The van der Waals surface area contributed by atoms with Gasteiger partial charge in [0.2, 0.25) is 5.91 Å². The zero-order valence-corrected chi connectivity index (χ0v) is 23.3. The van der Waals surface area contributed by atoms with E-state index in [0.717, 1.165) is 62.3 Å². The lowest BCUT2D eigenvalue weighted by atomic mass is 9.84. The molecular formula is C28H49N5O2. The standard InChI is InChI=1S/C28H49N5O2/c1-8-35-20-25(34)29-22-11-9-21(10-12-22)13-14-32-15-17-33(18-16-32)24-19-23(27(2,3)4)30-26(31-24)28(5,6)7/h19,21-22H,8-18,20H2,1-7H3,(H,29,34)/t21-,22-. The molecule has 35 heavy (non-hydrogen) atoms. The summed E-state index contributed by atoms with van der Waals surface area (Å²) in [6.07, 6.45) is 5.87. The molecular weight excluding hydrogens is 438 g/mol. The van der Waals surface area contributed by atoms with Crippen LogP contribution in [0.4, 0.5) is 5.82 Å². The van der Waals surface area contributed by atoms with Crippen molar-refractivity contribution in [3.05, 3.63) is 17.6 Å². The smallest absolute Gasteiger partial charge is 0.246 e. The molecule has 0 atom stereocenters. The molecule has 1 aliphatic carbocycles. The molecule has 0 unspecified atom stereocenters. The molecule has 3 rings (SSSR count). The van der Waals surface area contributed by atoms with Gasteiger partial charge in [-0.05, 0) is 51.5 Å². The summed E-state index contributed by atoms with van der Waals surface area (Å²) in [5.41, 5.74) is 1.06. The van der Waals surface area contributed by atoms with Crippen molar-refractivity contribution in [2.45, 2.75) is 97.4 Å². The molecule has 0 radical (unpaired) electrons. The number of nitrogens with zero attached hydrogens (tertiary/aromatic N) is 4. The molecule has 2 fully saturated rings. The van der Waals surface area contributed by atoms with Crippen molar-refractivity contribution in [1.29, 1.82) is 0 Å². The van der Waals surface area contributed by atoms with E-state index in [2.05, 4.69) is 62.7 Å². The van der Waals surface area contributed by atoms with Gasteiger partial charge in [-0.25, -0.2) is 9.97 Å². The fourth-order valence-electron chi connectivity index (χ4n) is 4.94. The lowest BCUT2D eigenvalue weighted by molar-refractivity contribution is -0.126. The average Bonchev–Trinajstić information content (AvgIpc) is 2.81. The minimum atomic E-state index is -0.0665. The summed E-state index contributed by atoms with van der Waals surface area (Å²) >= 11 is 0. The van der Waals surface area contributed by atoms with Crippen LogP contribution in [-0.2, 0) is 20.4 Å². The Hall–Kier alpha value is -1.73. The van der Waals surface area contributed by atoms with Gasteiger partial charge in [-0.2, -0.15) is 0 Å². The number of hydrogen-bond donors (Lipinski definition) is 1. The number of ether oxygens (including phenoxy) is 1. The molecule has 7 nitrogen and oxygen atoms in total. The summed E-state index contributed by atoms with van der Waals surface area (Å²) in [6.45, 7) is 21.3. The summed E-state index contributed by atoms with van der Waals surface area (Å²) in [4.78, 5) is 26.9. The highest BCUT2D eigenvalue weighted by atomic mass is 16.5. The van der Waals surface area contributed by atoms with E-state index in [-0.39, 0.29) is 23.3 Å². The molecule has 2 aliphatic rings. The van der Waals surface area contributed by atoms with E-state index in [4.69, 9.17) is 14.7 Å². The fraction of sp³-hybridized carbons (Fsp3) is 0.821. The minimum Gasteiger partial charge on any atom is -0.372 e. The van der Waals surface area contributed by atoms with E-state index in [0.29, 0.717) is 12.6 Å². The zero-order valence-electron chi connectivity index (χ0n) is 23.3. The molecule has 2 heterocycles. The van der Waals surface area contributed by atoms with Crippen LogP contribution in [0.3, 0.4) is 0 Å². The molecule has 0 aromatic carbocycles. The maximum absolute atomic E-state index is 11.9. The molecule has 0 spiro atoms. The van der Waals surface area contributed by atoms with Crippen LogP contribution in [0.25, 0.3) is 0 Å². The Kier molecular flexibility index (Phi) is 9.55. The first-order valence-corrected chi connectivity index (χ1v) is 13.7. The van der Waals surface area contributed by atoms with Crippen LogP contribution < -0.4 is 10.2 Å². The quantitative estimate of drug-likeness (QED) is 0.590. The van der Waals surface area contributed by atoms with Crippen LogP contribution in [0, 0.1) is 5.92 Å². The Bertz CT molecular complexity index is 781. The van der Waals surface area contributed by atoms with Crippen molar-refractivity contribution < 1.29 is 9.53 Å². The van der Waals surface area contributed by atoms with E-state index >= 15 is 0 Å².